The number of β-lactam (4-membered cyclic amide) rings is 1. The summed E-state index contributed by atoms with van der Waals surface area (Å²) in [6.45, 7) is 0. The van der Waals surface area contributed by atoms with E-state index in [0.29, 0.717) is 22.3 Å². The summed E-state index contributed by atoms with van der Waals surface area (Å²) in [5.41, 5.74) is 6.87. The van der Waals surface area contributed by atoms with Crippen molar-refractivity contribution in [1.82, 2.24) is 29.6 Å². The van der Waals surface area contributed by atoms with Crippen molar-refractivity contribution < 1.29 is 54.2 Å². The number of thioether (sulfide) groups is 2. The van der Waals surface area contributed by atoms with Crippen LogP contribution in [0, 0.1) is 0 Å². The average Bonchev–Trinajstić information content (AvgIpc) is 3.53. The van der Waals surface area contributed by atoms with E-state index in [0.717, 1.165) is 16.9 Å². The third-order valence-corrected chi connectivity index (χ3v) is 8.86. The minimum Gasteiger partial charge on any atom is -0.857 e. The van der Waals surface area contributed by atoms with Crippen LogP contribution >= 0.6 is 34.9 Å². The summed E-state index contributed by atoms with van der Waals surface area (Å²) < 4.78 is 1.80. The first-order valence-corrected chi connectivity index (χ1v) is 14.1. The Bertz CT molecular complexity index is 1520. The quantitative estimate of drug-likeness (QED) is 0.0644. The van der Waals surface area contributed by atoms with Crippen LogP contribution in [0.5, 0.6) is 0 Å². The number of oxime groups is 1. The number of aromatic nitrogens is 5. The van der Waals surface area contributed by atoms with Gasteiger partial charge in [-0.3, -0.25) is 19.7 Å². The summed E-state index contributed by atoms with van der Waals surface area (Å²) in [7, 11) is 3.08. The molecule has 2 aliphatic rings. The molecule has 0 radical (unpaired) electrons. The van der Waals surface area contributed by atoms with Crippen molar-refractivity contribution >= 4 is 63.5 Å². The topological polar surface area (TPSA) is 197 Å². The Morgan fingerprint density at radius 3 is 2.85 bits per heavy atom. The third kappa shape index (κ3) is 5.75. The summed E-state index contributed by atoms with van der Waals surface area (Å²) in [6, 6.07) is 2.60. The molecular formula is C22H20N9NaO5S3. The minimum absolute atomic E-state index is 0. The Morgan fingerprint density at radius 2 is 2.20 bits per heavy atom. The zero-order chi connectivity index (χ0) is 27.7. The second-order valence-corrected chi connectivity index (χ2v) is 11.1. The number of carboxylic acid groups (broad SMARTS) is 1. The molecule has 0 bridgehead atoms. The molecule has 202 valence electrons. The maximum Gasteiger partial charge on any atom is 1.00 e. The van der Waals surface area contributed by atoms with Gasteiger partial charge < -0.3 is 25.4 Å². The Balaban J connectivity index is 0.00000370. The molecule has 40 heavy (non-hydrogen) atoms. The molecule has 14 nitrogen and oxygen atoms in total. The summed E-state index contributed by atoms with van der Waals surface area (Å²) in [5, 5.41) is 36.6. The van der Waals surface area contributed by atoms with Gasteiger partial charge in [0.2, 0.25) is 0 Å². The van der Waals surface area contributed by atoms with Gasteiger partial charge in [0.05, 0.1) is 0 Å². The number of aliphatic imine (C=N–C) groups is 1. The number of aliphatic carboxylic acids is 1. The van der Waals surface area contributed by atoms with E-state index in [1.165, 1.54) is 40.9 Å². The first-order chi connectivity index (χ1) is 18.8. The zero-order valence-corrected chi connectivity index (χ0v) is 25.9. The largest absolute Gasteiger partial charge is 1.00 e. The van der Waals surface area contributed by atoms with Gasteiger partial charge in [-0.05, 0) is 17.7 Å². The summed E-state index contributed by atoms with van der Waals surface area (Å²) in [4.78, 5) is 43.3. The van der Waals surface area contributed by atoms with E-state index in [1.54, 1.807) is 23.0 Å². The fraction of sp³-hybridized carbons (Fsp3) is 0.273. The van der Waals surface area contributed by atoms with Gasteiger partial charge in [0.1, 0.15) is 29.6 Å². The normalized spacial score (nSPS) is 19.1. The molecule has 0 unspecified atom stereocenters. The fourth-order valence-corrected chi connectivity index (χ4v) is 6.90. The number of hydrogen-bond acceptors (Lipinski definition) is 14. The predicted molar refractivity (Wildman–Crippen MR) is 144 cm³/mol. The monoisotopic (exact) mass is 609 g/mol. The van der Waals surface area contributed by atoms with E-state index >= 15 is 0 Å². The van der Waals surface area contributed by atoms with Crippen LogP contribution in [0.1, 0.15) is 5.69 Å². The van der Waals surface area contributed by atoms with Crippen LogP contribution in [0.25, 0.3) is 11.4 Å². The summed E-state index contributed by atoms with van der Waals surface area (Å²) in [6.07, 6.45) is 3.34. The van der Waals surface area contributed by atoms with Crippen LogP contribution in [0.15, 0.2) is 56.5 Å². The summed E-state index contributed by atoms with van der Waals surface area (Å²) in [5.74, 6) is -1.40. The number of thiazole rings is 1. The van der Waals surface area contributed by atoms with E-state index in [4.69, 9.17) is 10.6 Å². The van der Waals surface area contributed by atoms with Crippen molar-refractivity contribution in [1.29, 1.82) is 0 Å². The Hall–Kier alpha value is -2.96. The van der Waals surface area contributed by atoms with E-state index in [1.807, 2.05) is 13.1 Å². The maximum absolute atomic E-state index is 13.0. The smallest absolute Gasteiger partial charge is 0.857 e. The number of fused-ring (bicyclic) bond motifs is 1. The minimum atomic E-state index is -1.23. The molecular weight excluding hydrogens is 589 g/mol. The van der Waals surface area contributed by atoms with Crippen LogP contribution in [0.2, 0.25) is 0 Å². The summed E-state index contributed by atoms with van der Waals surface area (Å²) >= 11 is 3.76. The molecule has 18 heteroatoms. The van der Waals surface area contributed by atoms with Gasteiger partial charge in [-0.15, -0.1) is 33.3 Å². The molecule has 5 heterocycles. The molecule has 3 N–H and O–H groups in total. The van der Waals surface area contributed by atoms with Gasteiger partial charge in [0.25, 0.3) is 5.91 Å². The first-order valence-electron chi connectivity index (χ1n) is 11.2. The second kappa shape index (κ2) is 12.7. The van der Waals surface area contributed by atoms with E-state index in [2.05, 4.69) is 30.3 Å². The number of carboxylic acids is 1. The molecule has 3 aromatic rings. The van der Waals surface area contributed by atoms with Crippen LogP contribution < -0.4 is 40.4 Å². The number of nitrogen functional groups attached to an aromatic ring is 1. The number of anilines is 1. The fourth-order valence-electron chi connectivity index (χ4n) is 3.97. The molecule has 1 saturated heterocycles. The van der Waals surface area contributed by atoms with Gasteiger partial charge in [-0.2, -0.15) is 0 Å². The molecule has 0 aliphatic carbocycles. The van der Waals surface area contributed by atoms with E-state index < -0.39 is 29.2 Å². The molecule has 0 saturated carbocycles. The molecule has 0 spiro atoms. The van der Waals surface area contributed by atoms with Crippen molar-refractivity contribution in [2.24, 2.45) is 17.2 Å². The van der Waals surface area contributed by atoms with Crippen LogP contribution in [-0.2, 0) is 21.5 Å². The number of rotatable bonds is 9. The van der Waals surface area contributed by atoms with E-state index in [-0.39, 0.29) is 57.5 Å². The number of nitrogens with two attached hydrogens (primary N) is 1. The molecule has 2 atom stereocenters. The van der Waals surface area contributed by atoms with Crippen molar-refractivity contribution in [2.45, 2.75) is 16.6 Å². The number of amides is 1. The van der Waals surface area contributed by atoms with E-state index in [9.17, 15) is 19.8 Å². The van der Waals surface area contributed by atoms with Gasteiger partial charge in [-0.25, -0.2) is 9.78 Å². The SMILES string of the molecule is CO/N=C(\C([O-])=N[C@@H]1C(=O)N2C(C(=O)O)=C(CSc3nnc(-c4cccnc4)n3C)CS[C@H]12)c1csc(N)n1.[Na+]. The predicted octanol–water partition coefficient (Wildman–Crippen LogP) is -2.56. The van der Waals surface area contributed by atoms with Crippen molar-refractivity contribution in [2.75, 3.05) is 24.3 Å². The van der Waals surface area contributed by atoms with Crippen LogP contribution in [0.4, 0.5) is 5.13 Å². The number of carbonyl (C=O) groups excluding carboxylic acids is 1. The molecule has 5 rings (SSSR count). The van der Waals surface area contributed by atoms with Gasteiger partial charge in [-0.1, -0.05) is 16.9 Å². The first kappa shape index (κ1) is 30.0. The molecule has 3 aromatic heterocycles. The van der Waals surface area contributed by atoms with Crippen molar-refractivity contribution in [3.63, 3.8) is 0 Å². The van der Waals surface area contributed by atoms with Crippen molar-refractivity contribution in [3.8, 4) is 11.4 Å². The van der Waals surface area contributed by atoms with Gasteiger partial charge >= 0.3 is 35.5 Å². The maximum atomic E-state index is 13.0. The number of pyridine rings is 1. The van der Waals surface area contributed by atoms with Crippen LogP contribution in [0.3, 0.4) is 0 Å². The number of carbonyl (C=O) groups is 2. The molecule has 2 aliphatic heterocycles. The Morgan fingerprint density at radius 1 is 1.40 bits per heavy atom. The van der Waals surface area contributed by atoms with Crippen LogP contribution in [-0.4, -0.2) is 88.3 Å². The number of hydrogen-bond donors (Lipinski definition) is 2. The molecule has 1 amide bonds. The van der Waals surface area contributed by atoms with Crippen molar-refractivity contribution in [3.05, 3.63) is 46.9 Å². The Kier molecular flexibility index (Phi) is 9.52. The molecule has 0 aromatic carbocycles. The van der Waals surface area contributed by atoms with Gasteiger partial charge in [0.15, 0.2) is 22.2 Å². The standard InChI is InChI=1S/C22H21N9O5S3.Na/c1-30-16(10-4-3-5-24-6-10)27-28-22(30)39-8-11-7-37-19-14(18(33)31(19)15(11)20(34)35)26-17(32)13(29-36-2)12-9-38-21(23)25-12;/h3-6,9,14,19H,7-8H2,1-2H3,(H2,23,25)(H,26,32)(H,34,35);/q;+1/p-1/b29-13-;/t14-,19-;/m1./s1. The number of nitrogens with zero attached hydrogens (tertiary/aromatic N) is 8. The Labute approximate surface area is 262 Å². The van der Waals surface area contributed by atoms with Gasteiger partial charge in [0, 0.05) is 47.8 Å². The molecule has 1 fully saturated rings. The average molecular weight is 610 g/mol. The zero-order valence-electron chi connectivity index (χ0n) is 21.4. The third-order valence-electron chi connectivity index (χ3n) is 5.76. The second-order valence-electron chi connectivity index (χ2n) is 8.14.